The summed E-state index contributed by atoms with van der Waals surface area (Å²) in [4.78, 5) is 11.8. The molecule has 32 heavy (non-hydrogen) atoms. The molecule has 1 atom stereocenters. The van der Waals surface area contributed by atoms with Crippen LogP contribution >= 0.6 is 0 Å². The van der Waals surface area contributed by atoms with Crippen molar-refractivity contribution in [3.63, 3.8) is 0 Å². The van der Waals surface area contributed by atoms with Gasteiger partial charge in [-0.1, -0.05) is 37.3 Å². The Kier molecular flexibility index (Phi) is 7.69. The van der Waals surface area contributed by atoms with Crippen LogP contribution in [0.15, 0.2) is 60.8 Å². The average molecular weight is 434 g/mol. The standard InChI is InChI=1S/C26H33N5O/c1-3-31(23-11-13-27-18-23)19-21-7-4-8-22(16-21)25-12-15-29-26(30-25)28-14-10-20-6-5-9-24(17-20)32-2/h4-9,12,15-17,23,27H,3,10-11,13-14,18-19H2,1-2H3,(H,28,29,30)/p+2. The zero-order valence-corrected chi connectivity index (χ0v) is 19.2. The zero-order chi connectivity index (χ0) is 22.2. The maximum absolute atomic E-state index is 4.77. The fourth-order valence-electron chi connectivity index (χ4n) is 4.41. The average Bonchev–Trinajstić information content (AvgIpc) is 3.38. The van der Waals surface area contributed by atoms with E-state index in [9.17, 15) is 0 Å². The zero-order valence-electron chi connectivity index (χ0n) is 19.2. The van der Waals surface area contributed by atoms with Crippen LogP contribution in [0, 0.1) is 0 Å². The Labute approximate surface area is 191 Å². The smallest absolute Gasteiger partial charge is 0.254 e. The number of nitrogens with one attached hydrogen (secondary N) is 1. The van der Waals surface area contributed by atoms with Gasteiger partial charge in [0.1, 0.15) is 0 Å². The van der Waals surface area contributed by atoms with Gasteiger partial charge in [-0.05, 0) is 36.2 Å². The first-order valence-electron chi connectivity index (χ1n) is 11.7. The molecule has 0 radical (unpaired) electrons. The SMILES string of the molecule is CCN(Cc1cccc(-c2ccnc(NCCc3cccc([OH+]C)c3)n2)c1)C1CC[NH2+]C1. The molecule has 2 heterocycles. The molecule has 0 spiro atoms. The number of ether oxygens (including phenoxy) is 1. The number of rotatable bonds is 10. The van der Waals surface area contributed by atoms with E-state index in [1.165, 1.54) is 30.6 Å². The van der Waals surface area contributed by atoms with Gasteiger partial charge in [-0.15, -0.1) is 0 Å². The van der Waals surface area contributed by atoms with Gasteiger partial charge in [0.05, 0.1) is 24.8 Å². The number of aromatic hydroxyl groups is 1. The summed E-state index contributed by atoms with van der Waals surface area (Å²) in [6.45, 7) is 7.57. The molecule has 168 valence electrons. The first kappa shape index (κ1) is 22.2. The normalized spacial score (nSPS) is 15.8. The monoisotopic (exact) mass is 433 g/mol. The second-order valence-electron chi connectivity index (χ2n) is 8.35. The molecule has 1 aromatic heterocycles. The summed E-state index contributed by atoms with van der Waals surface area (Å²) in [5.74, 6) is 1.68. The Morgan fingerprint density at radius 3 is 2.81 bits per heavy atom. The van der Waals surface area contributed by atoms with Crippen LogP contribution in [0.5, 0.6) is 5.75 Å². The summed E-state index contributed by atoms with van der Waals surface area (Å²) in [6, 6.07) is 19.8. The molecule has 6 heteroatoms. The highest BCUT2D eigenvalue weighted by atomic mass is 16.5. The van der Waals surface area contributed by atoms with Gasteiger partial charge < -0.3 is 15.4 Å². The van der Waals surface area contributed by atoms with Gasteiger partial charge in [0.2, 0.25) is 5.95 Å². The van der Waals surface area contributed by atoms with Gasteiger partial charge in [0, 0.05) is 43.4 Å². The van der Waals surface area contributed by atoms with Crippen molar-refractivity contribution < 1.29 is 10.1 Å². The van der Waals surface area contributed by atoms with Crippen molar-refractivity contribution in [2.24, 2.45) is 0 Å². The summed E-state index contributed by atoms with van der Waals surface area (Å²) < 4.78 is 4.25. The lowest BCUT2D eigenvalue weighted by molar-refractivity contribution is -0.637. The third-order valence-electron chi connectivity index (χ3n) is 6.19. The molecule has 0 bridgehead atoms. The number of hydrogen-bond acceptors (Lipinski definition) is 4. The Balaban J connectivity index is 1.39. The molecule has 1 saturated heterocycles. The van der Waals surface area contributed by atoms with E-state index in [1.807, 2.05) is 31.5 Å². The number of anilines is 1. The quantitative estimate of drug-likeness (QED) is 0.483. The fraction of sp³-hybridized carbons (Fsp3) is 0.385. The molecule has 0 saturated carbocycles. The van der Waals surface area contributed by atoms with E-state index in [4.69, 9.17) is 4.98 Å². The van der Waals surface area contributed by atoms with Gasteiger partial charge in [0.25, 0.3) is 5.75 Å². The Morgan fingerprint density at radius 2 is 2.00 bits per heavy atom. The topological polar surface area (TPSA) is 70.5 Å². The number of benzene rings is 2. The summed E-state index contributed by atoms with van der Waals surface area (Å²) in [5.41, 5.74) is 4.68. The number of aromatic nitrogens is 2. The molecule has 4 rings (SSSR count). The van der Waals surface area contributed by atoms with Crippen LogP contribution in [0.25, 0.3) is 11.3 Å². The number of quaternary nitrogens is 1. The van der Waals surface area contributed by atoms with E-state index in [1.54, 1.807) is 0 Å². The van der Waals surface area contributed by atoms with Gasteiger partial charge in [-0.3, -0.25) is 4.90 Å². The second-order valence-corrected chi connectivity index (χ2v) is 8.35. The first-order valence-corrected chi connectivity index (χ1v) is 11.7. The van der Waals surface area contributed by atoms with Crippen molar-refractivity contribution in [3.05, 3.63) is 71.9 Å². The molecule has 0 amide bonds. The molecule has 1 aliphatic rings. The minimum Gasteiger partial charge on any atom is -0.585 e. The van der Waals surface area contributed by atoms with E-state index in [2.05, 4.69) is 68.6 Å². The lowest BCUT2D eigenvalue weighted by atomic mass is 10.1. The number of hydrogen-bond donors (Lipinski definition) is 2. The van der Waals surface area contributed by atoms with Crippen LogP contribution < -0.4 is 10.6 Å². The van der Waals surface area contributed by atoms with E-state index in [-0.39, 0.29) is 0 Å². The molecule has 2 aromatic carbocycles. The highest BCUT2D eigenvalue weighted by Gasteiger charge is 2.24. The Morgan fingerprint density at radius 1 is 1.12 bits per heavy atom. The van der Waals surface area contributed by atoms with Crippen molar-refractivity contribution in [2.45, 2.75) is 32.4 Å². The number of nitrogens with two attached hydrogens (primary N) is 1. The van der Waals surface area contributed by atoms with E-state index >= 15 is 0 Å². The molecule has 4 N–H and O–H groups in total. The van der Waals surface area contributed by atoms with Crippen LogP contribution in [0.1, 0.15) is 24.5 Å². The summed E-state index contributed by atoms with van der Waals surface area (Å²) in [5, 5.41) is 5.79. The highest BCUT2D eigenvalue weighted by molar-refractivity contribution is 5.61. The summed E-state index contributed by atoms with van der Waals surface area (Å²) in [7, 11) is 1.82. The summed E-state index contributed by atoms with van der Waals surface area (Å²) >= 11 is 0. The Bertz CT molecular complexity index is 1000. The molecule has 0 aliphatic carbocycles. The van der Waals surface area contributed by atoms with E-state index in [0.717, 1.165) is 43.1 Å². The highest BCUT2D eigenvalue weighted by Crippen LogP contribution is 2.21. The Hall–Kier alpha value is -2.96. The third kappa shape index (κ3) is 5.84. The molecule has 3 aromatic rings. The number of likely N-dealkylation sites (N-methyl/N-ethyl adjacent to an activating group) is 1. The largest absolute Gasteiger partial charge is 0.585 e. The molecule has 6 nitrogen and oxygen atoms in total. The van der Waals surface area contributed by atoms with Gasteiger partial charge in [-0.2, -0.15) is 0 Å². The van der Waals surface area contributed by atoms with Crippen molar-refractivity contribution >= 4 is 5.95 Å². The van der Waals surface area contributed by atoms with Crippen molar-refractivity contribution in [1.29, 1.82) is 0 Å². The molecule has 1 unspecified atom stereocenters. The van der Waals surface area contributed by atoms with Crippen LogP contribution in [0.3, 0.4) is 0 Å². The second kappa shape index (κ2) is 11.1. The predicted octanol–water partition coefficient (Wildman–Crippen LogP) is 2.83. The van der Waals surface area contributed by atoms with Gasteiger partial charge in [-0.25, -0.2) is 9.97 Å². The number of nitrogens with zero attached hydrogens (tertiary/aromatic N) is 3. The first-order chi connectivity index (χ1) is 15.7. The van der Waals surface area contributed by atoms with Crippen LogP contribution in [-0.4, -0.2) is 58.9 Å². The van der Waals surface area contributed by atoms with Crippen LogP contribution in [0.4, 0.5) is 5.95 Å². The van der Waals surface area contributed by atoms with E-state index in [0.29, 0.717) is 12.0 Å². The molecule has 1 aliphatic heterocycles. The maximum Gasteiger partial charge on any atom is 0.254 e. The van der Waals surface area contributed by atoms with E-state index < -0.39 is 0 Å². The lowest BCUT2D eigenvalue weighted by Gasteiger charge is -2.25. The van der Waals surface area contributed by atoms with Crippen molar-refractivity contribution in [2.75, 3.05) is 38.6 Å². The predicted molar refractivity (Wildman–Crippen MR) is 130 cm³/mol. The van der Waals surface area contributed by atoms with Gasteiger partial charge >= 0.3 is 0 Å². The summed E-state index contributed by atoms with van der Waals surface area (Å²) in [6.07, 6.45) is 4.02. The minimum absolute atomic E-state index is 0.668. The third-order valence-corrected chi connectivity index (χ3v) is 6.19. The van der Waals surface area contributed by atoms with Crippen LogP contribution in [0.2, 0.25) is 0 Å². The van der Waals surface area contributed by atoms with Crippen molar-refractivity contribution in [1.82, 2.24) is 14.9 Å². The fourth-order valence-corrected chi connectivity index (χ4v) is 4.41. The van der Waals surface area contributed by atoms with Gasteiger partial charge in [0.15, 0.2) is 7.11 Å². The van der Waals surface area contributed by atoms with Crippen molar-refractivity contribution in [3.8, 4) is 17.0 Å². The minimum atomic E-state index is 0.668. The maximum atomic E-state index is 4.77. The lowest BCUT2D eigenvalue weighted by Crippen LogP contribution is -2.82. The van der Waals surface area contributed by atoms with Crippen LogP contribution in [-0.2, 0) is 13.0 Å². The molecular weight excluding hydrogens is 398 g/mol. The molecular formula is C26H35N5O+2. The molecule has 1 fully saturated rings. The number of aliphatic hydroxyl groups is 1.